The normalized spacial score (nSPS) is 11.8. The Hall–Kier alpha value is -7.17. The van der Waals surface area contributed by atoms with Crippen LogP contribution in [0.15, 0.2) is 180 Å². The summed E-state index contributed by atoms with van der Waals surface area (Å²) >= 11 is 0. The molecule has 10 aromatic rings. The Morgan fingerprint density at radius 3 is 1.70 bits per heavy atom. The first-order chi connectivity index (χ1) is 26.2. The van der Waals surface area contributed by atoms with Crippen molar-refractivity contribution >= 4 is 32.7 Å². The molecule has 0 amide bonds. The van der Waals surface area contributed by atoms with E-state index < -0.39 is 0 Å². The second-order valence-electron chi connectivity index (χ2n) is 13.6. The lowest BCUT2D eigenvalue weighted by molar-refractivity contribution is 0.669. The zero-order valence-corrected chi connectivity index (χ0v) is 28.5. The van der Waals surface area contributed by atoms with Crippen LogP contribution >= 0.6 is 0 Å². The number of hydrogen-bond acceptors (Lipinski definition) is 4. The van der Waals surface area contributed by atoms with Crippen LogP contribution < -0.4 is 0 Å². The third-order valence-electron chi connectivity index (χ3n) is 10.5. The van der Waals surface area contributed by atoms with Crippen LogP contribution in [0.2, 0.25) is 0 Å². The van der Waals surface area contributed by atoms with Crippen molar-refractivity contribution in [2.75, 3.05) is 0 Å². The molecule has 11 rings (SSSR count). The standard InChI is InChI=1S/C49H29N3O/c1-3-12-30(13-4-1)32-16-9-17-33(26-32)34-24-25-40-44(29-34)53-43-23-11-22-41(46(40)43)49-51-47(31-14-5-2-6-15-31)50-48(52-49)36-27-35-18-10-21-39-37-19-7-8-20-38(37)42(28-36)45(35)39/h1-29H. The Bertz CT molecular complexity index is 3060. The number of fused-ring (bicyclic) bond motifs is 6. The first-order valence-electron chi connectivity index (χ1n) is 17.9. The molecule has 0 N–H and O–H groups in total. The van der Waals surface area contributed by atoms with Crippen molar-refractivity contribution in [2.24, 2.45) is 0 Å². The van der Waals surface area contributed by atoms with Crippen molar-refractivity contribution in [1.82, 2.24) is 15.0 Å². The molecule has 4 nitrogen and oxygen atoms in total. The maximum absolute atomic E-state index is 6.57. The molecule has 0 unspecified atom stereocenters. The van der Waals surface area contributed by atoms with Gasteiger partial charge in [-0.25, -0.2) is 15.0 Å². The van der Waals surface area contributed by atoms with Gasteiger partial charge in [-0.3, -0.25) is 0 Å². The Balaban J connectivity index is 1.08. The molecule has 0 saturated heterocycles. The molecule has 1 aliphatic carbocycles. The lowest BCUT2D eigenvalue weighted by Gasteiger charge is -2.11. The topological polar surface area (TPSA) is 51.8 Å². The average Bonchev–Trinajstić information content (AvgIpc) is 3.77. The SMILES string of the molecule is c1ccc(-c2cccc(-c3ccc4c(c3)oc3cccc(-c5nc(-c6ccccc6)nc(-c6cc7c8c(cccc8c6)-c6ccccc6-7)n5)c34)c2)cc1. The molecular weight excluding hydrogens is 647 g/mol. The fourth-order valence-electron chi connectivity index (χ4n) is 7.99. The van der Waals surface area contributed by atoms with Crippen molar-refractivity contribution in [3.8, 4) is 78.7 Å². The summed E-state index contributed by atoms with van der Waals surface area (Å²) in [5.74, 6) is 1.86. The fourth-order valence-corrected chi connectivity index (χ4v) is 7.99. The number of nitrogens with zero attached hydrogens (tertiary/aromatic N) is 3. The molecule has 1 aliphatic rings. The van der Waals surface area contributed by atoms with Crippen LogP contribution in [-0.4, -0.2) is 15.0 Å². The van der Waals surface area contributed by atoms with E-state index in [1.165, 1.54) is 44.2 Å². The van der Waals surface area contributed by atoms with E-state index in [2.05, 4.69) is 127 Å². The van der Waals surface area contributed by atoms with Crippen LogP contribution in [0.25, 0.3) is 111 Å². The molecule has 0 fully saturated rings. The lowest BCUT2D eigenvalue weighted by Crippen LogP contribution is -2.00. The van der Waals surface area contributed by atoms with E-state index in [-0.39, 0.29) is 0 Å². The monoisotopic (exact) mass is 675 g/mol. The van der Waals surface area contributed by atoms with Crippen LogP contribution in [0.3, 0.4) is 0 Å². The zero-order valence-electron chi connectivity index (χ0n) is 28.5. The molecule has 0 spiro atoms. The quantitative estimate of drug-likeness (QED) is 0.182. The third kappa shape index (κ3) is 4.80. The first kappa shape index (κ1) is 29.5. The predicted molar refractivity (Wildman–Crippen MR) is 216 cm³/mol. The number of rotatable bonds is 5. The maximum atomic E-state index is 6.57. The number of aromatic nitrogens is 3. The smallest absolute Gasteiger partial charge is 0.164 e. The molecule has 53 heavy (non-hydrogen) atoms. The molecule has 0 radical (unpaired) electrons. The Morgan fingerprint density at radius 2 is 0.887 bits per heavy atom. The highest BCUT2D eigenvalue weighted by molar-refractivity contribution is 6.16. The summed E-state index contributed by atoms with van der Waals surface area (Å²) in [6.45, 7) is 0. The Morgan fingerprint density at radius 1 is 0.302 bits per heavy atom. The van der Waals surface area contributed by atoms with Gasteiger partial charge in [0.25, 0.3) is 0 Å². The second kappa shape index (κ2) is 11.7. The predicted octanol–water partition coefficient (Wildman–Crippen LogP) is 12.9. The van der Waals surface area contributed by atoms with Gasteiger partial charge in [0, 0.05) is 27.5 Å². The van der Waals surface area contributed by atoms with E-state index >= 15 is 0 Å². The second-order valence-corrected chi connectivity index (χ2v) is 13.6. The molecule has 0 bridgehead atoms. The van der Waals surface area contributed by atoms with E-state index in [1.807, 2.05) is 48.5 Å². The summed E-state index contributed by atoms with van der Waals surface area (Å²) in [6.07, 6.45) is 0. The average molecular weight is 676 g/mol. The highest BCUT2D eigenvalue weighted by Crippen LogP contribution is 2.48. The van der Waals surface area contributed by atoms with E-state index in [9.17, 15) is 0 Å². The molecule has 8 aromatic carbocycles. The molecule has 4 heteroatoms. The summed E-state index contributed by atoms with van der Waals surface area (Å²) in [6, 6.07) is 61.5. The highest BCUT2D eigenvalue weighted by Gasteiger charge is 2.23. The van der Waals surface area contributed by atoms with E-state index in [4.69, 9.17) is 19.4 Å². The molecular formula is C49H29N3O. The lowest BCUT2D eigenvalue weighted by atomic mass is 9.98. The van der Waals surface area contributed by atoms with Crippen molar-refractivity contribution in [3.63, 3.8) is 0 Å². The van der Waals surface area contributed by atoms with Gasteiger partial charge in [0.2, 0.25) is 0 Å². The number of benzene rings is 8. The molecule has 2 aromatic heterocycles. The molecule has 2 heterocycles. The summed E-state index contributed by atoms with van der Waals surface area (Å²) in [5, 5.41) is 4.45. The van der Waals surface area contributed by atoms with Crippen molar-refractivity contribution < 1.29 is 4.42 Å². The fraction of sp³-hybridized carbons (Fsp3) is 0. The van der Waals surface area contributed by atoms with E-state index in [0.717, 1.165) is 49.8 Å². The van der Waals surface area contributed by atoms with Gasteiger partial charge in [-0.2, -0.15) is 0 Å². The summed E-state index contributed by atoms with van der Waals surface area (Å²) in [5.41, 5.74) is 14.0. The largest absolute Gasteiger partial charge is 0.456 e. The van der Waals surface area contributed by atoms with Gasteiger partial charge in [0.15, 0.2) is 17.5 Å². The highest BCUT2D eigenvalue weighted by atomic mass is 16.3. The van der Waals surface area contributed by atoms with Gasteiger partial charge in [0.1, 0.15) is 11.2 Å². The molecule has 0 atom stereocenters. The minimum Gasteiger partial charge on any atom is -0.456 e. The minimum absolute atomic E-state index is 0.604. The van der Waals surface area contributed by atoms with E-state index in [1.54, 1.807) is 0 Å². The summed E-state index contributed by atoms with van der Waals surface area (Å²) < 4.78 is 6.57. The minimum atomic E-state index is 0.604. The Kier molecular flexibility index (Phi) is 6.52. The van der Waals surface area contributed by atoms with Gasteiger partial charge in [-0.1, -0.05) is 140 Å². The van der Waals surface area contributed by atoms with Crippen molar-refractivity contribution in [3.05, 3.63) is 176 Å². The van der Waals surface area contributed by atoms with Crippen molar-refractivity contribution in [1.29, 1.82) is 0 Å². The van der Waals surface area contributed by atoms with Gasteiger partial charge in [0.05, 0.1) is 0 Å². The van der Waals surface area contributed by atoms with Crippen LogP contribution in [0.1, 0.15) is 0 Å². The van der Waals surface area contributed by atoms with Gasteiger partial charge in [-0.15, -0.1) is 0 Å². The van der Waals surface area contributed by atoms with Gasteiger partial charge < -0.3 is 4.42 Å². The van der Waals surface area contributed by atoms with Crippen LogP contribution in [0.5, 0.6) is 0 Å². The van der Waals surface area contributed by atoms with Gasteiger partial charge in [-0.05, 0) is 91.7 Å². The number of furan rings is 1. The van der Waals surface area contributed by atoms with Gasteiger partial charge >= 0.3 is 0 Å². The third-order valence-corrected chi connectivity index (χ3v) is 10.5. The Labute approximate surface area is 305 Å². The first-order valence-corrected chi connectivity index (χ1v) is 17.9. The van der Waals surface area contributed by atoms with Crippen molar-refractivity contribution in [2.45, 2.75) is 0 Å². The molecule has 246 valence electrons. The van der Waals surface area contributed by atoms with Crippen LogP contribution in [0.4, 0.5) is 0 Å². The summed E-state index contributed by atoms with van der Waals surface area (Å²) in [4.78, 5) is 15.5. The molecule has 0 saturated carbocycles. The van der Waals surface area contributed by atoms with Crippen LogP contribution in [0, 0.1) is 0 Å². The molecule has 0 aliphatic heterocycles. The maximum Gasteiger partial charge on any atom is 0.164 e. The zero-order chi connectivity index (χ0) is 34.9. The van der Waals surface area contributed by atoms with E-state index in [0.29, 0.717) is 17.5 Å². The summed E-state index contributed by atoms with van der Waals surface area (Å²) in [7, 11) is 0. The van der Waals surface area contributed by atoms with Crippen LogP contribution in [-0.2, 0) is 0 Å². The number of hydrogen-bond donors (Lipinski definition) is 0.